The topological polar surface area (TPSA) is 44.8 Å². The van der Waals surface area contributed by atoms with Crippen LogP contribution < -0.4 is 0 Å². The molecule has 0 aromatic heterocycles. The minimum atomic E-state index is -0.472. The van der Waals surface area contributed by atoms with Crippen LogP contribution in [0.15, 0.2) is 0 Å². The van der Waals surface area contributed by atoms with Crippen molar-refractivity contribution in [2.45, 2.75) is 69.4 Å². The molecule has 0 radical (unpaired) electrons. The third kappa shape index (κ3) is 4.32. The molecule has 2 aliphatic rings. The maximum Gasteiger partial charge on any atom is 0.308 e. The van der Waals surface area contributed by atoms with Crippen LogP contribution in [-0.2, 0) is 19.0 Å². The van der Waals surface area contributed by atoms with Crippen LogP contribution in [-0.4, -0.2) is 34.5 Å². The highest BCUT2D eigenvalue weighted by atomic mass is 127. The molecule has 0 N–H and O–H groups in total. The van der Waals surface area contributed by atoms with Gasteiger partial charge < -0.3 is 14.2 Å². The first-order chi connectivity index (χ1) is 9.69. The lowest BCUT2D eigenvalue weighted by atomic mass is 9.85. The molecular weight excluding hydrogens is 383 g/mol. The van der Waals surface area contributed by atoms with Crippen LogP contribution in [0.25, 0.3) is 0 Å². The van der Waals surface area contributed by atoms with E-state index in [0.717, 1.165) is 12.8 Å². The van der Waals surface area contributed by atoms with E-state index in [1.807, 2.05) is 20.8 Å². The highest BCUT2D eigenvalue weighted by Gasteiger charge is 2.40. The van der Waals surface area contributed by atoms with Gasteiger partial charge in [0.1, 0.15) is 6.10 Å². The second-order valence-corrected chi connectivity index (χ2v) is 8.71. The van der Waals surface area contributed by atoms with Crippen molar-refractivity contribution in [2.24, 2.45) is 17.8 Å². The quantitative estimate of drug-likeness (QED) is 0.404. The monoisotopic (exact) mass is 410 g/mol. The first-order valence-electron chi connectivity index (χ1n) is 7.86. The number of rotatable bonds is 4. The maximum absolute atomic E-state index is 11.8. The fraction of sp³-hybridized carbons (Fsp3) is 0.938. The summed E-state index contributed by atoms with van der Waals surface area (Å²) in [5.41, 5.74) is 0. The Bertz CT molecular complexity index is 384. The Hall–Kier alpha value is 0.120. The normalized spacial score (nSPS) is 38.9. The van der Waals surface area contributed by atoms with E-state index in [-0.39, 0.29) is 24.1 Å². The molecule has 0 unspecified atom stereocenters. The Kier molecular flexibility index (Phi) is 5.58. The van der Waals surface area contributed by atoms with E-state index in [1.54, 1.807) is 0 Å². The molecule has 5 heteroatoms. The third-order valence-corrected chi connectivity index (χ3v) is 5.78. The molecule has 0 amide bonds. The molecule has 2 fully saturated rings. The highest BCUT2D eigenvalue weighted by Crippen LogP contribution is 2.35. The number of hydrogen-bond acceptors (Lipinski definition) is 4. The van der Waals surface area contributed by atoms with Gasteiger partial charge in [0.15, 0.2) is 5.79 Å². The molecule has 122 valence electrons. The minimum absolute atomic E-state index is 0.0204. The van der Waals surface area contributed by atoms with Gasteiger partial charge in [-0.3, -0.25) is 4.79 Å². The smallest absolute Gasteiger partial charge is 0.308 e. The summed E-state index contributed by atoms with van der Waals surface area (Å²) in [5, 5.41) is 0. The average molecular weight is 410 g/mol. The van der Waals surface area contributed by atoms with E-state index in [9.17, 15) is 4.79 Å². The van der Waals surface area contributed by atoms with E-state index < -0.39 is 5.79 Å². The zero-order valence-corrected chi connectivity index (χ0v) is 15.8. The van der Waals surface area contributed by atoms with Crippen LogP contribution in [0.1, 0.15) is 47.5 Å². The molecule has 2 aliphatic heterocycles. The van der Waals surface area contributed by atoms with Crippen molar-refractivity contribution in [3.05, 3.63) is 0 Å². The van der Waals surface area contributed by atoms with Gasteiger partial charge in [-0.15, -0.1) is 0 Å². The Morgan fingerprint density at radius 2 is 2.05 bits per heavy atom. The summed E-state index contributed by atoms with van der Waals surface area (Å²) in [7, 11) is 0. The van der Waals surface area contributed by atoms with Crippen molar-refractivity contribution in [1.82, 2.24) is 0 Å². The second kappa shape index (κ2) is 6.71. The average Bonchev–Trinajstić information content (AvgIpc) is 2.74. The van der Waals surface area contributed by atoms with Crippen LogP contribution >= 0.6 is 22.6 Å². The van der Waals surface area contributed by atoms with Gasteiger partial charge >= 0.3 is 5.97 Å². The van der Waals surface area contributed by atoms with Gasteiger partial charge in [0.05, 0.1) is 18.6 Å². The van der Waals surface area contributed by atoms with Gasteiger partial charge in [0, 0.05) is 3.92 Å². The first-order valence-corrected chi connectivity index (χ1v) is 9.10. The lowest BCUT2D eigenvalue weighted by Crippen LogP contribution is -2.42. The van der Waals surface area contributed by atoms with Crippen molar-refractivity contribution in [1.29, 1.82) is 0 Å². The second-order valence-electron chi connectivity index (χ2n) is 7.11. The minimum Gasteiger partial charge on any atom is -0.461 e. The molecule has 0 bridgehead atoms. The summed E-state index contributed by atoms with van der Waals surface area (Å²) >= 11 is 2.43. The molecule has 0 spiro atoms. The van der Waals surface area contributed by atoms with Gasteiger partial charge in [0.25, 0.3) is 0 Å². The van der Waals surface area contributed by atoms with Gasteiger partial charge in [-0.1, -0.05) is 43.4 Å². The van der Waals surface area contributed by atoms with E-state index in [2.05, 4.69) is 36.4 Å². The fourth-order valence-electron chi connectivity index (χ4n) is 3.22. The molecule has 0 aromatic rings. The standard InChI is InChI=1S/C16H27IO4/c1-9(13-8-19-16(4,5)21-13)7-12(17)14-10(2)6-11(3)15(18)20-14/h9-14H,6-8H2,1-5H3/t9-,10-,11+,12-,13-,14-/m0/s1. The molecule has 0 aliphatic carbocycles. The summed E-state index contributed by atoms with van der Waals surface area (Å²) < 4.78 is 17.5. The van der Waals surface area contributed by atoms with Crippen LogP contribution in [0.3, 0.4) is 0 Å². The third-order valence-electron chi connectivity index (χ3n) is 4.56. The number of carbonyl (C=O) groups is 1. The Morgan fingerprint density at radius 3 is 2.62 bits per heavy atom. The number of hydrogen-bond donors (Lipinski definition) is 0. The van der Waals surface area contributed by atoms with Crippen molar-refractivity contribution in [3.63, 3.8) is 0 Å². The molecule has 2 rings (SSSR count). The number of cyclic esters (lactones) is 1. The summed E-state index contributed by atoms with van der Waals surface area (Å²) in [5.74, 6) is 0.321. The molecule has 4 nitrogen and oxygen atoms in total. The lowest BCUT2D eigenvalue weighted by molar-refractivity contribution is -0.164. The summed E-state index contributed by atoms with van der Waals surface area (Å²) in [6.07, 6.45) is 2.05. The number of carbonyl (C=O) groups excluding carboxylic acids is 1. The van der Waals surface area contributed by atoms with E-state index in [4.69, 9.17) is 14.2 Å². The van der Waals surface area contributed by atoms with Gasteiger partial charge in [-0.2, -0.15) is 0 Å². The van der Waals surface area contributed by atoms with Gasteiger partial charge in [0.2, 0.25) is 0 Å². The van der Waals surface area contributed by atoms with E-state index in [1.165, 1.54) is 0 Å². The number of esters is 1. The molecule has 2 saturated heterocycles. The zero-order chi connectivity index (χ0) is 15.8. The Balaban J connectivity index is 1.89. The highest BCUT2D eigenvalue weighted by molar-refractivity contribution is 14.1. The summed E-state index contributed by atoms with van der Waals surface area (Å²) in [6, 6.07) is 0. The number of ether oxygens (including phenoxy) is 3. The van der Waals surface area contributed by atoms with E-state index >= 15 is 0 Å². The molecule has 0 saturated carbocycles. The molecule has 2 heterocycles. The molecule has 6 atom stereocenters. The van der Waals surface area contributed by atoms with E-state index in [0.29, 0.717) is 22.4 Å². The van der Waals surface area contributed by atoms with Gasteiger partial charge in [-0.25, -0.2) is 0 Å². The van der Waals surface area contributed by atoms with Crippen LogP contribution in [0.2, 0.25) is 0 Å². The lowest BCUT2D eigenvalue weighted by Gasteiger charge is -2.36. The fourth-order valence-corrected chi connectivity index (χ4v) is 4.88. The van der Waals surface area contributed by atoms with Crippen molar-refractivity contribution >= 4 is 28.6 Å². The number of halogens is 1. The number of alkyl halides is 1. The Labute approximate surface area is 141 Å². The predicted molar refractivity (Wildman–Crippen MR) is 89.3 cm³/mol. The van der Waals surface area contributed by atoms with Crippen molar-refractivity contribution < 1.29 is 19.0 Å². The van der Waals surface area contributed by atoms with Crippen molar-refractivity contribution in [3.8, 4) is 0 Å². The molecule has 0 aromatic carbocycles. The maximum atomic E-state index is 11.8. The summed E-state index contributed by atoms with van der Waals surface area (Å²) in [6.45, 7) is 10.9. The predicted octanol–water partition coefficient (Wildman–Crippen LogP) is 3.56. The summed E-state index contributed by atoms with van der Waals surface area (Å²) in [4.78, 5) is 11.8. The zero-order valence-electron chi connectivity index (χ0n) is 13.6. The SMILES string of the molecule is C[C@@H]1C[C@H](C)[C@@H]([C@@H](I)C[C@H](C)[C@@H]2COC(C)(C)O2)OC1=O. The van der Waals surface area contributed by atoms with Crippen LogP contribution in [0.5, 0.6) is 0 Å². The van der Waals surface area contributed by atoms with Crippen LogP contribution in [0, 0.1) is 17.8 Å². The van der Waals surface area contributed by atoms with Gasteiger partial charge in [-0.05, 0) is 38.5 Å². The Morgan fingerprint density at radius 1 is 1.38 bits per heavy atom. The molecular formula is C16H27IO4. The first kappa shape index (κ1) is 17.5. The van der Waals surface area contributed by atoms with Crippen LogP contribution in [0.4, 0.5) is 0 Å². The molecule has 21 heavy (non-hydrogen) atoms. The largest absolute Gasteiger partial charge is 0.461 e. The van der Waals surface area contributed by atoms with Crippen molar-refractivity contribution in [2.75, 3.05) is 6.61 Å².